The number of aliphatic hydroxyl groups excluding tert-OH is 1. The predicted octanol–water partition coefficient (Wildman–Crippen LogP) is 3.70. The number of nitrogens with zero attached hydrogens (tertiary/aromatic N) is 2. The molecule has 25 heavy (non-hydrogen) atoms. The van der Waals surface area contributed by atoms with Gasteiger partial charge in [-0.05, 0) is 39.0 Å². The summed E-state index contributed by atoms with van der Waals surface area (Å²) in [7, 11) is 0. The van der Waals surface area contributed by atoms with Crippen molar-refractivity contribution in [3.8, 4) is 0 Å². The summed E-state index contributed by atoms with van der Waals surface area (Å²) in [6, 6.07) is 6.87. The Bertz CT molecular complexity index is 866. The normalized spacial score (nSPS) is 14.4. The van der Waals surface area contributed by atoms with E-state index in [0.29, 0.717) is 28.4 Å². The molecule has 2 heterocycles. The van der Waals surface area contributed by atoms with Crippen molar-refractivity contribution in [3.63, 3.8) is 0 Å². The molecule has 0 fully saturated rings. The Balaban J connectivity index is 1.90. The Morgan fingerprint density at radius 3 is 2.84 bits per heavy atom. The van der Waals surface area contributed by atoms with Gasteiger partial charge in [0.25, 0.3) is 0 Å². The molecule has 0 radical (unpaired) electrons. The third kappa shape index (κ3) is 3.15. The van der Waals surface area contributed by atoms with Crippen LogP contribution in [0.4, 0.5) is 5.69 Å². The van der Waals surface area contributed by atoms with Gasteiger partial charge in [0, 0.05) is 10.6 Å². The quantitative estimate of drug-likeness (QED) is 0.815. The first-order valence-electron chi connectivity index (χ1n) is 7.92. The van der Waals surface area contributed by atoms with Crippen LogP contribution in [0.1, 0.15) is 32.9 Å². The summed E-state index contributed by atoms with van der Waals surface area (Å²) >= 11 is 1.46. The third-order valence-electron chi connectivity index (χ3n) is 4.01. The molecule has 0 spiro atoms. The number of amidine groups is 1. The number of aromatic nitrogens is 1. The lowest BCUT2D eigenvalue weighted by atomic mass is 10.2. The van der Waals surface area contributed by atoms with Gasteiger partial charge < -0.3 is 14.7 Å². The number of esters is 1. The van der Waals surface area contributed by atoms with Crippen LogP contribution in [0.25, 0.3) is 5.57 Å². The molecule has 0 aliphatic carbocycles. The molecule has 0 unspecified atom stereocenters. The first-order chi connectivity index (χ1) is 11.9. The van der Waals surface area contributed by atoms with E-state index in [1.165, 1.54) is 11.3 Å². The third-order valence-corrected chi connectivity index (χ3v) is 5.10. The zero-order valence-corrected chi connectivity index (χ0v) is 15.1. The van der Waals surface area contributed by atoms with E-state index >= 15 is 0 Å². The van der Waals surface area contributed by atoms with Gasteiger partial charge in [0.2, 0.25) is 0 Å². The Morgan fingerprint density at radius 2 is 2.20 bits per heavy atom. The second kappa shape index (κ2) is 6.68. The maximum Gasteiger partial charge on any atom is 0.338 e. The molecule has 3 rings (SSSR count). The molecule has 1 aliphatic heterocycles. The Morgan fingerprint density at radius 1 is 1.44 bits per heavy atom. The molecule has 7 heteroatoms. The number of carbonyl (C=O) groups is 1. The van der Waals surface area contributed by atoms with Crippen LogP contribution < -0.4 is 4.90 Å². The zero-order chi connectivity index (χ0) is 18.1. The van der Waals surface area contributed by atoms with Crippen molar-refractivity contribution in [1.29, 1.82) is 5.41 Å². The van der Waals surface area contributed by atoms with Gasteiger partial charge in [-0.25, -0.2) is 9.78 Å². The highest BCUT2D eigenvalue weighted by molar-refractivity contribution is 7.13. The minimum atomic E-state index is -0.404. The van der Waals surface area contributed by atoms with E-state index in [9.17, 15) is 9.90 Å². The molecule has 0 saturated carbocycles. The zero-order valence-electron chi connectivity index (χ0n) is 14.3. The number of aliphatic hydroxyl groups is 1. The number of hydrogen-bond acceptors (Lipinski definition) is 6. The average molecular weight is 357 g/mol. The van der Waals surface area contributed by atoms with Crippen LogP contribution in [0.2, 0.25) is 0 Å². The maximum absolute atomic E-state index is 11.9. The first-order valence-corrected chi connectivity index (χ1v) is 8.74. The van der Waals surface area contributed by atoms with Gasteiger partial charge in [0.1, 0.15) is 16.6 Å². The monoisotopic (exact) mass is 357 g/mol. The van der Waals surface area contributed by atoms with Crippen LogP contribution in [0, 0.1) is 19.3 Å². The molecule has 0 amide bonds. The van der Waals surface area contributed by atoms with Gasteiger partial charge in [-0.3, -0.25) is 5.41 Å². The summed E-state index contributed by atoms with van der Waals surface area (Å²) in [5, 5.41) is 19.5. The summed E-state index contributed by atoms with van der Waals surface area (Å²) in [6.45, 7) is 6.11. The van der Waals surface area contributed by atoms with Crippen molar-refractivity contribution in [2.45, 2.75) is 20.8 Å². The summed E-state index contributed by atoms with van der Waals surface area (Å²) in [6.07, 6.45) is 0. The summed E-state index contributed by atoms with van der Waals surface area (Å²) in [5.74, 6) is -0.119. The lowest BCUT2D eigenvalue weighted by Crippen LogP contribution is -2.26. The van der Waals surface area contributed by atoms with Gasteiger partial charge in [-0.15, -0.1) is 11.3 Å². The van der Waals surface area contributed by atoms with Crippen molar-refractivity contribution < 1.29 is 14.6 Å². The molecule has 1 aromatic carbocycles. The second-order valence-corrected chi connectivity index (χ2v) is 6.89. The van der Waals surface area contributed by atoms with Crippen LogP contribution in [0.3, 0.4) is 0 Å². The van der Waals surface area contributed by atoms with Gasteiger partial charge in [-0.2, -0.15) is 0 Å². The summed E-state index contributed by atoms with van der Waals surface area (Å²) in [5.41, 5.74) is 2.42. The molecule has 0 atom stereocenters. The predicted molar refractivity (Wildman–Crippen MR) is 98.6 cm³/mol. The number of carbonyl (C=O) groups excluding carboxylic acids is 1. The number of thiazole rings is 1. The molecule has 0 saturated heterocycles. The Kier molecular flexibility index (Phi) is 4.59. The van der Waals surface area contributed by atoms with Gasteiger partial charge >= 0.3 is 5.97 Å². The minimum absolute atomic E-state index is 0.111. The smallest absolute Gasteiger partial charge is 0.338 e. The van der Waals surface area contributed by atoms with Gasteiger partial charge in [-0.1, -0.05) is 6.07 Å². The molecular weight excluding hydrogens is 338 g/mol. The molecule has 1 aromatic heterocycles. The van der Waals surface area contributed by atoms with E-state index in [2.05, 4.69) is 4.98 Å². The van der Waals surface area contributed by atoms with Crippen molar-refractivity contribution in [3.05, 3.63) is 51.2 Å². The lowest BCUT2D eigenvalue weighted by Gasteiger charge is -2.19. The SMILES string of the molecule is CCOC(=O)c1cccc(N2CC(O)=C(c3nc(C)c(C)s3)C2=N)c1. The number of anilines is 1. The fourth-order valence-corrected chi connectivity index (χ4v) is 3.60. The topological polar surface area (TPSA) is 86.5 Å². The summed E-state index contributed by atoms with van der Waals surface area (Å²) in [4.78, 5) is 19.1. The van der Waals surface area contributed by atoms with Crippen molar-refractivity contribution in [2.75, 3.05) is 18.1 Å². The van der Waals surface area contributed by atoms with Crippen LogP contribution in [0.5, 0.6) is 0 Å². The maximum atomic E-state index is 11.9. The van der Waals surface area contributed by atoms with Gasteiger partial charge in [0.15, 0.2) is 0 Å². The van der Waals surface area contributed by atoms with Crippen molar-refractivity contribution >= 4 is 34.4 Å². The highest BCUT2D eigenvalue weighted by Gasteiger charge is 2.31. The standard InChI is InChI=1S/C18H19N3O3S/c1-4-24-18(23)12-6-5-7-13(8-12)21-9-14(22)15(16(21)19)17-20-10(2)11(3)25-17/h5-8,19,22H,4,9H2,1-3H3. The van der Waals surface area contributed by atoms with Crippen LogP contribution in [-0.4, -0.2) is 35.0 Å². The highest BCUT2D eigenvalue weighted by atomic mass is 32.1. The number of aryl methyl sites for hydroxylation is 2. The van der Waals surface area contributed by atoms with Crippen LogP contribution >= 0.6 is 11.3 Å². The number of nitrogens with one attached hydrogen (secondary N) is 1. The van der Waals surface area contributed by atoms with E-state index in [4.69, 9.17) is 10.1 Å². The number of ether oxygens (including phenoxy) is 1. The van der Waals surface area contributed by atoms with Gasteiger partial charge in [0.05, 0.1) is 30.0 Å². The Labute approximate surface area is 149 Å². The van der Waals surface area contributed by atoms with E-state index < -0.39 is 5.97 Å². The fraction of sp³-hybridized carbons (Fsp3) is 0.278. The Hall–Kier alpha value is -2.67. The number of benzene rings is 1. The number of rotatable bonds is 4. The average Bonchev–Trinajstić information content (AvgIpc) is 3.06. The molecule has 1 aliphatic rings. The molecule has 130 valence electrons. The first kappa shape index (κ1) is 17.2. The second-order valence-electron chi connectivity index (χ2n) is 5.69. The molecule has 6 nitrogen and oxygen atoms in total. The van der Waals surface area contributed by atoms with E-state index in [1.807, 2.05) is 13.8 Å². The summed E-state index contributed by atoms with van der Waals surface area (Å²) < 4.78 is 5.02. The molecule has 2 N–H and O–H groups in total. The van der Waals surface area contributed by atoms with E-state index in [-0.39, 0.29) is 18.1 Å². The van der Waals surface area contributed by atoms with E-state index in [0.717, 1.165) is 10.6 Å². The minimum Gasteiger partial charge on any atom is -0.510 e. The van der Waals surface area contributed by atoms with Crippen molar-refractivity contribution in [1.82, 2.24) is 4.98 Å². The lowest BCUT2D eigenvalue weighted by molar-refractivity contribution is 0.0526. The molecule has 0 bridgehead atoms. The largest absolute Gasteiger partial charge is 0.510 e. The molecular formula is C18H19N3O3S. The fourth-order valence-electron chi connectivity index (χ4n) is 2.62. The van der Waals surface area contributed by atoms with Crippen molar-refractivity contribution in [2.24, 2.45) is 0 Å². The number of hydrogen-bond donors (Lipinski definition) is 2. The molecule has 2 aromatic rings. The van der Waals surface area contributed by atoms with Crippen LogP contribution in [0.15, 0.2) is 30.0 Å². The van der Waals surface area contributed by atoms with Crippen LogP contribution in [-0.2, 0) is 4.74 Å². The highest BCUT2D eigenvalue weighted by Crippen LogP contribution is 2.34. The van der Waals surface area contributed by atoms with E-state index in [1.54, 1.807) is 36.1 Å².